The van der Waals surface area contributed by atoms with E-state index in [1.54, 1.807) is 38.5 Å². The summed E-state index contributed by atoms with van der Waals surface area (Å²) in [4.78, 5) is 13.2. The van der Waals surface area contributed by atoms with Crippen LogP contribution in [-0.4, -0.2) is 36.0 Å². The lowest BCUT2D eigenvalue weighted by atomic mass is 9.97. The third-order valence-electron chi connectivity index (χ3n) is 5.42. The Balaban J connectivity index is 1.72. The Labute approximate surface area is 197 Å². The van der Waals surface area contributed by atoms with E-state index in [9.17, 15) is 9.90 Å². The average molecular weight is 463 g/mol. The number of phenolic OH excluding ortho intramolecular Hbond substituents is 1. The second-order valence-electron chi connectivity index (χ2n) is 7.47. The van der Waals surface area contributed by atoms with Gasteiger partial charge in [0.15, 0.2) is 11.5 Å². The highest BCUT2D eigenvalue weighted by molar-refractivity contribution is 6.31. The molecular formula is C26H23ClN2O4. The first-order valence-corrected chi connectivity index (χ1v) is 10.7. The highest BCUT2D eigenvalue weighted by Gasteiger charge is 2.33. The van der Waals surface area contributed by atoms with Crippen LogP contribution in [0, 0.1) is 0 Å². The summed E-state index contributed by atoms with van der Waals surface area (Å²) in [5, 5.41) is 16.9. The number of amides is 1. The number of ether oxygens (including phenoxy) is 2. The van der Waals surface area contributed by atoms with E-state index in [1.807, 2.05) is 42.5 Å². The van der Waals surface area contributed by atoms with Gasteiger partial charge in [-0.3, -0.25) is 4.79 Å². The van der Waals surface area contributed by atoms with Gasteiger partial charge in [-0.05, 0) is 47.5 Å². The van der Waals surface area contributed by atoms with Crippen LogP contribution in [-0.2, 0) is 4.79 Å². The largest absolute Gasteiger partial charge is 0.507 e. The summed E-state index contributed by atoms with van der Waals surface area (Å²) in [7, 11) is 3.13. The van der Waals surface area contributed by atoms with E-state index in [0.29, 0.717) is 34.2 Å². The Morgan fingerprint density at radius 2 is 1.82 bits per heavy atom. The molecule has 1 aliphatic heterocycles. The molecule has 0 spiro atoms. The maximum Gasteiger partial charge on any atom is 0.267 e. The zero-order chi connectivity index (χ0) is 23.4. The minimum absolute atomic E-state index is 0.0540. The Bertz CT molecular complexity index is 1220. The maximum atomic E-state index is 13.2. The molecule has 1 N–H and O–H groups in total. The third-order valence-corrected chi connectivity index (χ3v) is 5.65. The van der Waals surface area contributed by atoms with Crippen molar-refractivity contribution in [2.24, 2.45) is 5.10 Å². The fourth-order valence-electron chi connectivity index (χ4n) is 3.74. The minimum atomic E-state index is -0.397. The number of hydrogen-bond acceptors (Lipinski definition) is 5. The number of hydrogen-bond donors (Lipinski definition) is 1. The molecule has 0 aromatic heterocycles. The van der Waals surface area contributed by atoms with Crippen molar-refractivity contribution in [1.29, 1.82) is 0 Å². The molecule has 1 aliphatic rings. The van der Waals surface area contributed by atoms with Gasteiger partial charge in [-0.25, -0.2) is 5.01 Å². The van der Waals surface area contributed by atoms with E-state index < -0.39 is 6.04 Å². The van der Waals surface area contributed by atoms with Crippen molar-refractivity contribution in [3.8, 4) is 17.2 Å². The standard InChI is InChI=1S/C26H23ClN2O4/c1-32-24-12-9-18(14-25(24)33-2)22-16-21(20-15-19(27)10-11-23(20)30)28-29(22)26(31)13-8-17-6-4-3-5-7-17/h3-15,22,30H,16H2,1-2H3/b13-8+. The van der Waals surface area contributed by atoms with Gasteiger partial charge in [-0.1, -0.05) is 48.0 Å². The quantitative estimate of drug-likeness (QED) is 0.494. The number of hydrazone groups is 1. The van der Waals surface area contributed by atoms with Crippen molar-refractivity contribution in [1.82, 2.24) is 5.01 Å². The van der Waals surface area contributed by atoms with E-state index in [-0.39, 0.29) is 11.7 Å². The molecule has 1 heterocycles. The van der Waals surface area contributed by atoms with E-state index in [2.05, 4.69) is 5.10 Å². The molecule has 3 aromatic rings. The second-order valence-corrected chi connectivity index (χ2v) is 7.91. The molecule has 1 atom stereocenters. The van der Waals surface area contributed by atoms with Gasteiger partial charge in [0, 0.05) is 23.1 Å². The van der Waals surface area contributed by atoms with E-state index in [1.165, 1.54) is 17.2 Å². The van der Waals surface area contributed by atoms with Gasteiger partial charge >= 0.3 is 0 Å². The summed E-state index contributed by atoms with van der Waals surface area (Å²) in [5.74, 6) is 0.921. The molecule has 6 nitrogen and oxygen atoms in total. The van der Waals surface area contributed by atoms with Crippen molar-refractivity contribution in [3.05, 3.63) is 94.5 Å². The van der Waals surface area contributed by atoms with Crippen LogP contribution in [0.4, 0.5) is 0 Å². The SMILES string of the molecule is COc1ccc(C2CC(c3cc(Cl)ccc3O)=NN2C(=O)/C=C/c2ccccc2)cc1OC. The molecule has 0 saturated carbocycles. The van der Waals surface area contributed by atoms with Gasteiger partial charge in [0.1, 0.15) is 5.75 Å². The number of halogens is 1. The van der Waals surface area contributed by atoms with Crippen LogP contribution >= 0.6 is 11.6 Å². The number of carbonyl (C=O) groups is 1. The number of benzene rings is 3. The topological polar surface area (TPSA) is 71.4 Å². The van der Waals surface area contributed by atoms with Crippen molar-refractivity contribution < 1.29 is 19.4 Å². The Hall–Kier alpha value is -3.77. The molecule has 0 radical (unpaired) electrons. The molecule has 0 fully saturated rings. The van der Waals surface area contributed by atoms with Crippen LogP contribution in [0.3, 0.4) is 0 Å². The molecule has 0 aliphatic carbocycles. The molecule has 4 rings (SSSR count). The van der Waals surface area contributed by atoms with Gasteiger partial charge in [-0.2, -0.15) is 5.10 Å². The number of methoxy groups -OCH3 is 2. The van der Waals surface area contributed by atoms with Crippen molar-refractivity contribution >= 4 is 29.3 Å². The van der Waals surface area contributed by atoms with Crippen molar-refractivity contribution in [2.75, 3.05) is 14.2 Å². The molecule has 168 valence electrons. The first-order valence-electron chi connectivity index (χ1n) is 10.3. The van der Waals surface area contributed by atoms with Crippen LogP contribution in [0.1, 0.15) is 29.2 Å². The first kappa shape index (κ1) is 22.4. The van der Waals surface area contributed by atoms with E-state index >= 15 is 0 Å². The molecule has 0 saturated heterocycles. The predicted octanol–water partition coefficient (Wildman–Crippen LogP) is 5.45. The Morgan fingerprint density at radius 1 is 1.06 bits per heavy atom. The van der Waals surface area contributed by atoms with Gasteiger partial charge in [0.05, 0.1) is 26.0 Å². The third kappa shape index (κ3) is 4.86. The summed E-state index contributed by atoms with van der Waals surface area (Å²) >= 11 is 6.15. The average Bonchev–Trinajstić information content (AvgIpc) is 3.29. The summed E-state index contributed by atoms with van der Waals surface area (Å²) in [6.45, 7) is 0. The normalized spacial score (nSPS) is 15.5. The smallest absolute Gasteiger partial charge is 0.267 e. The van der Waals surface area contributed by atoms with Crippen LogP contribution < -0.4 is 9.47 Å². The second kappa shape index (κ2) is 9.79. The monoisotopic (exact) mass is 462 g/mol. The van der Waals surface area contributed by atoms with E-state index in [0.717, 1.165) is 11.1 Å². The highest BCUT2D eigenvalue weighted by atomic mass is 35.5. The fraction of sp³-hybridized carbons (Fsp3) is 0.154. The van der Waals surface area contributed by atoms with Gasteiger partial charge < -0.3 is 14.6 Å². The summed E-state index contributed by atoms with van der Waals surface area (Å²) in [6, 6.07) is 19.4. The van der Waals surface area contributed by atoms with Crippen LogP contribution in [0.2, 0.25) is 5.02 Å². The van der Waals surface area contributed by atoms with Crippen LogP contribution in [0.15, 0.2) is 77.9 Å². The van der Waals surface area contributed by atoms with Crippen LogP contribution in [0.25, 0.3) is 6.08 Å². The number of nitrogens with zero attached hydrogens (tertiary/aromatic N) is 2. The lowest BCUT2D eigenvalue weighted by Gasteiger charge is -2.21. The molecular weight excluding hydrogens is 440 g/mol. The molecule has 33 heavy (non-hydrogen) atoms. The lowest BCUT2D eigenvalue weighted by Crippen LogP contribution is -2.25. The summed E-state index contributed by atoms with van der Waals surface area (Å²) in [5.41, 5.74) is 2.80. The summed E-state index contributed by atoms with van der Waals surface area (Å²) < 4.78 is 10.8. The molecule has 0 bridgehead atoms. The number of carbonyl (C=O) groups excluding carboxylic acids is 1. The minimum Gasteiger partial charge on any atom is -0.507 e. The molecule has 1 amide bonds. The van der Waals surface area contributed by atoms with Crippen LogP contribution in [0.5, 0.6) is 17.2 Å². The number of aromatic hydroxyl groups is 1. The lowest BCUT2D eigenvalue weighted by molar-refractivity contribution is -0.127. The van der Waals surface area contributed by atoms with Gasteiger partial charge in [-0.15, -0.1) is 0 Å². The number of phenols is 1. The number of rotatable bonds is 6. The summed E-state index contributed by atoms with van der Waals surface area (Å²) in [6.07, 6.45) is 3.64. The predicted molar refractivity (Wildman–Crippen MR) is 129 cm³/mol. The zero-order valence-corrected chi connectivity index (χ0v) is 19.0. The Morgan fingerprint density at radius 3 is 2.55 bits per heavy atom. The zero-order valence-electron chi connectivity index (χ0n) is 18.2. The fourth-order valence-corrected chi connectivity index (χ4v) is 3.92. The van der Waals surface area contributed by atoms with Gasteiger partial charge in [0.25, 0.3) is 5.91 Å². The van der Waals surface area contributed by atoms with Gasteiger partial charge in [0.2, 0.25) is 0 Å². The first-order chi connectivity index (χ1) is 16.0. The van der Waals surface area contributed by atoms with Crippen molar-refractivity contribution in [2.45, 2.75) is 12.5 Å². The Kier molecular flexibility index (Phi) is 6.66. The van der Waals surface area contributed by atoms with E-state index in [4.69, 9.17) is 21.1 Å². The highest BCUT2D eigenvalue weighted by Crippen LogP contribution is 2.39. The molecule has 3 aromatic carbocycles. The molecule has 1 unspecified atom stereocenters. The maximum absolute atomic E-state index is 13.2. The van der Waals surface area contributed by atoms with Crippen molar-refractivity contribution in [3.63, 3.8) is 0 Å². The molecule has 7 heteroatoms.